The zero-order valence-corrected chi connectivity index (χ0v) is 9.24. The van der Waals surface area contributed by atoms with Gasteiger partial charge in [0.25, 0.3) is 6.79 Å². The quantitative estimate of drug-likeness (QED) is 0.179. The van der Waals surface area contributed by atoms with Gasteiger partial charge in [-0.1, -0.05) is 0 Å². The van der Waals surface area contributed by atoms with Crippen LogP contribution in [-0.4, -0.2) is 46.4 Å². The van der Waals surface area contributed by atoms with E-state index in [9.17, 15) is 14.8 Å². The summed E-state index contributed by atoms with van der Waals surface area (Å²) in [4.78, 5) is 25.6. The average Bonchev–Trinajstić information content (AvgIpc) is 2.72. The van der Waals surface area contributed by atoms with Crippen LogP contribution in [0.4, 0.5) is 0 Å². The molecule has 0 spiro atoms. The number of carboxylic acid groups (broad SMARTS) is 1. The first kappa shape index (κ1) is 13.0. The highest BCUT2D eigenvalue weighted by Crippen LogP contribution is 2.17. The lowest BCUT2D eigenvalue weighted by atomic mass is 10.2. The van der Waals surface area contributed by atoms with Crippen molar-refractivity contribution < 1.29 is 29.2 Å². The molecule has 1 rings (SSSR count). The number of carbonyl (C=O) groups excluding carboxylic acids is 1. The van der Waals surface area contributed by atoms with Gasteiger partial charge in [0.1, 0.15) is 0 Å². The van der Waals surface area contributed by atoms with E-state index in [0.717, 1.165) is 5.01 Å². The monoisotopic (exact) mass is 247 g/mol. The van der Waals surface area contributed by atoms with Gasteiger partial charge in [-0.15, -0.1) is 5.01 Å². The van der Waals surface area contributed by atoms with Crippen LogP contribution in [0.1, 0.15) is 19.8 Å². The van der Waals surface area contributed by atoms with Crippen LogP contribution in [0.5, 0.6) is 0 Å². The Labute approximate surface area is 96.7 Å². The molecule has 1 fully saturated rings. The minimum Gasteiger partial charge on any atom is -0.569 e. The third kappa shape index (κ3) is 3.78. The van der Waals surface area contributed by atoms with Crippen LogP contribution in [0, 0.1) is 5.21 Å². The summed E-state index contributed by atoms with van der Waals surface area (Å²) in [5, 5.41) is 24.3. The minimum atomic E-state index is -1.08. The number of hydrogen-bond donors (Lipinski definition) is 1. The highest BCUT2D eigenvalue weighted by molar-refractivity contribution is 5.73. The topological polar surface area (TPSA) is 114 Å². The molecule has 1 aliphatic heterocycles. The molecule has 1 N–H and O–H groups in total. The van der Waals surface area contributed by atoms with E-state index in [2.05, 4.69) is 14.9 Å². The summed E-state index contributed by atoms with van der Waals surface area (Å²) in [5.41, 5.74) is 0. The van der Waals surface area contributed by atoms with Crippen molar-refractivity contribution in [3.8, 4) is 0 Å². The highest BCUT2D eigenvalue weighted by atomic mass is 16.8. The molecule has 0 bridgehead atoms. The van der Waals surface area contributed by atoms with Crippen LogP contribution < -0.4 is 0 Å². The molecule has 1 heterocycles. The van der Waals surface area contributed by atoms with Gasteiger partial charge in [0.05, 0.1) is 11.5 Å². The molecule has 0 aromatic heterocycles. The normalized spacial score (nSPS) is 20.2. The summed E-state index contributed by atoms with van der Waals surface area (Å²) >= 11 is 0. The van der Waals surface area contributed by atoms with E-state index in [1.165, 1.54) is 6.92 Å². The van der Waals surface area contributed by atoms with Crippen LogP contribution in [0.25, 0.3) is 0 Å². The maximum Gasteiger partial charge on any atom is 0.332 e. The molecule has 1 saturated heterocycles. The van der Waals surface area contributed by atoms with E-state index in [0.29, 0.717) is 19.4 Å². The number of esters is 1. The van der Waals surface area contributed by atoms with E-state index in [1.54, 1.807) is 0 Å². The van der Waals surface area contributed by atoms with Crippen molar-refractivity contribution in [1.29, 1.82) is 0 Å². The van der Waals surface area contributed by atoms with Gasteiger partial charge in [0.15, 0.2) is 6.04 Å². The summed E-state index contributed by atoms with van der Waals surface area (Å²) in [6.07, 6.45) is 0.975. The Morgan fingerprint density at radius 1 is 1.65 bits per heavy atom. The Morgan fingerprint density at radius 3 is 2.94 bits per heavy atom. The highest BCUT2D eigenvalue weighted by Gasteiger charge is 2.36. The summed E-state index contributed by atoms with van der Waals surface area (Å²) in [5.74, 6) is -1.65. The smallest absolute Gasteiger partial charge is 0.332 e. The summed E-state index contributed by atoms with van der Waals surface area (Å²) in [6.45, 7) is 0.986. The van der Waals surface area contributed by atoms with E-state index in [-0.39, 0.29) is 4.97 Å². The lowest BCUT2D eigenvalue weighted by Gasteiger charge is -2.16. The van der Waals surface area contributed by atoms with E-state index in [1.807, 2.05) is 0 Å². The third-order valence-corrected chi connectivity index (χ3v) is 2.17. The maximum absolute atomic E-state index is 11.4. The van der Waals surface area contributed by atoms with Crippen molar-refractivity contribution in [3.05, 3.63) is 5.21 Å². The molecule has 9 nitrogen and oxygen atoms in total. The third-order valence-electron chi connectivity index (χ3n) is 2.17. The molecule has 9 heteroatoms. The molecule has 0 unspecified atom stereocenters. The Kier molecular flexibility index (Phi) is 4.49. The molecular weight excluding hydrogens is 234 g/mol. The first-order valence-electron chi connectivity index (χ1n) is 4.95. The van der Waals surface area contributed by atoms with Crippen molar-refractivity contribution in [3.63, 3.8) is 0 Å². The van der Waals surface area contributed by atoms with Gasteiger partial charge in [-0.3, -0.25) is 4.79 Å². The molecule has 0 radical (unpaired) electrons. The average molecular weight is 247 g/mol. The van der Waals surface area contributed by atoms with Crippen LogP contribution in [-0.2, 0) is 19.2 Å². The van der Waals surface area contributed by atoms with Crippen molar-refractivity contribution in [2.75, 3.05) is 13.3 Å². The maximum atomic E-state index is 11.4. The van der Waals surface area contributed by atoms with Crippen molar-refractivity contribution in [1.82, 2.24) is 5.01 Å². The van der Waals surface area contributed by atoms with Gasteiger partial charge in [-0.25, -0.2) is 4.79 Å². The van der Waals surface area contributed by atoms with Crippen LogP contribution in [0.3, 0.4) is 0 Å². The Bertz CT molecular complexity index is 331. The molecule has 17 heavy (non-hydrogen) atoms. The zero-order chi connectivity index (χ0) is 12.8. The molecule has 1 aliphatic rings. The number of hydrogen-bond acceptors (Lipinski definition) is 6. The van der Waals surface area contributed by atoms with Crippen molar-refractivity contribution in [2.45, 2.75) is 25.8 Å². The predicted molar refractivity (Wildman–Crippen MR) is 51.1 cm³/mol. The van der Waals surface area contributed by atoms with Gasteiger partial charge in [-0.2, -0.15) is 0 Å². The molecule has 0 aliphatic carbocycles. The Morgan fingerprint density at radius 2 is 2.35 bits per heavy atom. The summed E-state index contributed by atoms with van der Waals surface area (Å²) < 4.78 is 4.37. The largest absolute Gasteiger partial charge is 0.569 e. The second-order valence-corrected chi connectivity index (χ2v) is 3.38. The van der Waals surface area contributed by atoms with Gasteiger partial charge in [-0.05, 0) is 12.8 Å². The van der Waals surface area contributed by atoms with E-state index >= 15 is 0 Å². The Hall–Kier alpha value is -2.06. The SMILES string of the molecule is CC(=O)OCON=[N+]([O-])N1CCC[C@H]1C(=O)O. The molecule has 0 aromatic carbocycles. The first-order valence-corrected chi connectivity index (χ1v) is 4.95. The molecule has 0 saturated carbocycles. The number of hydrazine groups is 1. The number of nitrogens with zero attached hydrogens (tertiary/aromatic N) is 3. The Balaban J connectivity index is 2.45. The van der Waals surface area contributed by atoms with Gasteiger partial charge < -0.3 is 19.9 Å². The number of carbonyl (C=O) groups is 2. The lowest BCUT2D eigenvalue weighted by molar-refractivity contribution is -0.712. The molecule has 0 amide bonds. The summed E-state index contributed by atoms with van der Waals surface area (Å²) in [7, 11) is 0. The number of rotatable bonds is 5. The fourth-order valence-corrected chi connectivity index (χ4v) is 1.44. The second-order valence-electron chi connectivity index (χ2n) is 3.38. The zero-order valence-electron chi connectivity index (χ0n) is 9.24. The number of ether oxygens (including phenoxy) is 1. The molecular formula is C8H13N3O6. The van der Waals surface area contributed by atoms with Gasteiger partial charge in [0, 0.05) is 6.92 Å². The second kappa shape index (κ2) is 5.87. The van der Waals surface area contributed by atoms with Crippen LogP contribution in [0.2, 0.25) is 0 Å². The number of aliphatic carboxylic acids is 1. The van der Waals surface area contributed by atoms with E-state index in [4.69, 9.17) is 5.11 Å². The van der Waals surface area contributed by atoms with Crippen LogP contribution >= 0.6 is 0 Å². The predicted octanol–water partition coefficient (Wildman–Crippen LogP) is -0.135. The molecule has 96 valence electrons. The summed E-state index contributed by atoms with van der Waals surface area (Å²) in [6, 6.07) is -0.895. The van der Waals surface area contributed by atoms with Gasteiger partial charge >= 0.3 is 11.9 Å². The van der Waals surface area contributed by atoms with E-state index < -0.39 is 24.8 Å². The van der Waals surface area contributed by atoms with Crippen molar-refractivity contribution >= 4 is 11.9 Å². The standard InChI is InChI=1S/C8H13N3O6/c1-6(12)16-5-17-9-11(15)10-4-2-3-7(10)8(13)14/h7H,2-5H2,1H3,(H,13,14)/t7-/m0/s1. The van der Waals surface area contributed by atoms with Crippen LogP contribution in [0.15, 0.2) is 5.28 Å². The molecule has 0 aromatic rings. The van der Waals surface area contributed by atoms with Gasteiger partial charge in [0.2, 0.25) is 5.28 Å². The number of carboxylic acids is 1. The lowest BCUT2D eigenvalue weighted by Crippen LogP contribution is -2.40. The minimum absolute atomic E-state index is 0.0648. The fraction of sp³-hybridized carbons (Fsp3) is 0.750. The fourth-order valence-electron chi connectivity index (χ4n) is 1.44. The first-order chi connectivity index (χ1) is 8.02. The molecule has 1 atom stereocenters. The van der Waals surface area contributed by atoms with Crippen molar-refractivity contribution in [2.24, 2.45) is 5.28 Å².